The number of benzene rings is 3. The molecule has 1 aliphatic carbocycles. The van der Waals surface area contributed by atoms with Gasteiger partial charge in [0.15, 0.2) is 11.5 Å². The van der Waals surface area contributed by atoms with E-state index in [9.17, 15) is 9.59 Å². The van der Waals surface area contributed by atoms with Crippen molar-refractivity contribution in [1.29, 1.82) is 0 Å². The Labute approximate surface area is 243 Å². The van der Waals surface area contributed by atoms with Gasteiger partial charge in [-0.25, -0.2) is 4.98 Å². The fraction of sp³-hybridized carbons (Fsp3) is 0.258. The minimum absolute atomic E-state index is 0.123. The van der Waals surface area contributed by atoms with Crippen LogP contribution < -0.4 is 19.5 Å². The maximum atomic E-state index is 13.4. The number of nitrogens with zero attached hydrogens (tertiary/aromatic N) is 3. The zero-order chi connectivity index (χ0) is 28.9. The molecule has 41 heavy (non-hydrogen) atoms. The van der Waals surface area contributed by atoms with Crippen LogP contribution >= 0.6 is 11.6 Å². The lowest BCUT2D eigenvalue weighted by Crippen LogP contribution is -2.39. The molecular weight excluding hydrogens is 544 g/mol. The molecule has 2 amide bonds. The van der Waals surface area contributed by atoms with Gasteiger partial charge in [0.2, 0.25) is 11.9 Å². The highest BCUT2D eigenvalue weighted by atomic mass is 35.5. The van der Waals surface area contributed by atoms with Crippen molar-refractivity contribution in [3.05, 3.63) is 83.5 Å². The van der Waals surface area contributed by atoms with Crippen LogP contribution in [0, 0.1) is 5.92 Å². The average Bonchev–Trinajstić information content (AvgIpc) is 3.73. The molecule has 1 aromatic heterocycles. The van der Waals surface area contributed by atoms with Gasteiger partial charge in [0.05, 0.1) is 32.7 Å². The Kier molecular flexibility index (Phi) is 8.45. The highest BCUT2D eigenvalue weighted by Gasteiger charge is 2.29. The number of aromatic nitrogens is 2. The van der Waals surface area contributed by atoms with Gasteiger partial charge in [-0.05, 0) is 61.2 Å². The third-order valence-corrected chi connectivity index (χ3v) is 7.11. The molecule has 3 aromatic carbocycles. The van der Waals surface area contributed by atoms with Crippen molar-refractivity contribution in [2.75, 3.05) is 39.7 Å². The molecule has 0 saturated heterocycles. The maximum absolute atomic E-state index is 13.4. The van der Waals surface area contributed by atoms with Crippen LogP contribution in [0.4, 0.5) is 5.95 Å². The van der Waals surface area contributed by atoms with Crippen LogP contribution in [0.3, 0.4) is 0 Å². The summed E-state index contributed by atoms with van der Waals surface area (Å²) >= 11 is 6.09. The number of anilines is 1. The number of carbonyl (C=O) groups excluding carboxylic acids is 2. The fourth-order valence-electron chi connectivity index (χ4n) is 4.51. The van der Waals surface area contributed by atoms with Crippen molar-refractivity contribution in [1.82, 2.24) is 14.5 Å². The smallest absolute Gasteiger partial charge is 0.254 e. The SMILES string of the molecule is COc1cccc(C(=O)N(CC(=O)Nc2nc(-c3ccc(Cl)cc3)cn2-c2ccc(OC)c(OC)c2)CC2CC2)c1. The van der Waals surface area contributed by atoms with E-state index in [0.29, 0.717) is 57.6 Å². The van der Waals surface area contributed by atoms with Gasteiger partial charge in [-0.3, -0.25) is 19.5 Å². The minimum Gasteiger partial charge on any atom is -0.497 e. The summed E-state index contributed by atoms with van der Waals surface area (Å²) in [5.74, 6) is 1.79. The Morgan fingerprint density at radius 2 is 1.73 bits per heavy atom. The Balaban J connectivity index is 1.44. The first-order valence-electron chi connectivity index (χ1n) is 13.2. The number of hydrogen-bond acceptors (Lipinski definition) is 6. The number of methoxy groups -OCH3 is 3. The second-order valence-electron chi connectivity index (χ2n) is 9.78. The van der Waals surface area contributed by atoms with Gasteiger partial charge in [0.1, 0.15) is 12.3 Å². The predicted octanol–water partition coefficient (Wildman–Crippen LogP) is 5.71. The molecule has 1 N–H and O–H groups in total. The molecule has 1 fully saturated rings. The van der Waals surface area contributed by atoms with Crippen LogP contribution in [0.1, 0.15) is 23.2 Å². The summed E-state index contributed by atoms with van der Waals surface area (Å²) in [5.41, 5.74) is 2.63. The van der Waals surface area contributed by atoms with Gasteiger partial charge in [-0.1, -0.05) is 29.8 Å². The molecule has 1 aliphatic rings. The van der Waals surface area contributed by atoms with E-state index < -0.39 is 0 Å². The van der Waals surface area contributed by atoms with Gasteiger partial charge >= 0.3 is 0 Å². The van der Waals surface area contributed by atoms with Crippen molar-refractivity contribution in [3.63, 3.8) is 0 Å². The summed E-state index contributed by atoms with van der Waals surface area (Å²) in [6.45, 7) is 0.380. The van der Waals surface area contributed by atoms with Crippen molar-refractivity contribution in [3.8, 4) is 34.2 Å². The number of amides is 2. The van der Waals surface area contributed by atoms with E-state index in [1.54, 1.807) is 79.3 Å². The molecule has 10 heteroatoms. The Bertz CT molecular complexity index is 1550. The molecule has 0 spiro atoms. The van der Waals surface area contributed by atoms with Crippen LogP contribution in [-0.2, 0) is 4.79 Å². The van der Waals surface area contributed by atoms with Crippen LogP contribution in [0.15, 0.2) is 72.9 Å². The number of ether oxygens (including phenoxy) is 3. The molecule has 1 heterocycles. The molecular formula is C31H31ClN4O5. The number of rotatable bonds is 11. The third kappa shape index (κ3) is 6.63. The molecule has 0 aliphatic heterocycles. The molecule has 1 saturated carbocycles. The summed E-state index contributed by atoms with van der Waals surface area (Å²) in [7, 11) is 4.68. The Morgan fingerprint density at radius 1 is 0.976 bits per heavy atom. The Morgan fingerprint density at radius 3 is 2.41 bits per heavy atom. The van der Waals surface area contributed by atoms with Crippen LogP contribution in [0.25, 0.3) is 16.9 Å². The first-order chi connectivity index (χ1) is 19.9. The lowest BCUT2D eigenvalue weighted by atomic mass is 10.1. The zero-order valence-electron chi connectivity index (χ0n) is 23.1. The van der Waals surface area contributed by atoms with Crippen LogP contribution in [-0.4, -0.2) is 60.7 Å². The average molecular weight is 575 g/mol. The quantitative estimate of drug-likeness (QED) is 0.247. The van der Waals surface area contributed by atoms with Crippen LogP contribution in [0.2, 0.25) is 5.02 Å². The standard InChI is InChI=1S/C31H31ClN4O5/c1-39-25-6-4-5-22(15-25)30(38)35(17-20-7-8-20)19-29(37)34-31-33-26(21-9-11-23(32)12-10-21)18-36(31)24-13-14-27(40-2)28(16-24)41-3/h4-6,9-16,18,20H,7-8,17,19H2,1-3H3,(H,33,34,37). The lowest BCUT2D eigenvalue weighted by molar-refractivity contribution is -0.117. The number of hydrogen-bond donors (Lipinski definition) is 1. The second-order valence-corrected chi connectivity index (χ2v) is 10.2. The molecule has 5 rings (SSSR count). The van der Waals surface area contributed by atoms with Crippen molar-refractivity contribution in [2.45, 2.75) is 12.8 Å². The zero-order valence-corrected chi connectivity index (χ0v) is 23.9. The number of imidazole rings is 1. The van der Waals surface area contributed by atoms with Gasteiger partial charge < -0.3 is 19.1 Å². The van der Waals surface area contributed by atoms with E-state index in [1.165, 1.54) is 0 Å². The van der Waals surface area contributed by atoms with E-state index in [4.69, 9.17) is 30.8 Å². The fourth-order valence-corrected chi connectivity index (χ4v) is 4.63. The van der Waals surface area contributed by atoms with E-state index in [0.717, 1.165) is 18.4 Å². The molecule has 0 atom stereocenters. The van der Waals surface area contributed by atoms with E-state index in [-0.39, 0.29) is 18.4 Å². The molecule has 0 bridgehead atoms. The minimum atomic E-state index is -0.364. The number of nitrogens with one attached hydrogen (secondary N) is 1. The number of carbonyl (C=O) groups is 2. The highest BCUT2D eigenvalue weighted by Crippen LogP contribution is 2.33. The monoisotopic (exact) mass is 574 g/mol. The topological polar surface area (TPSA) is 94.9 Å². The van der Waals surface area contributed by atoms with Crippen LogP contribution in [0.5, 0.6) is 17.2 Å². The van der Waals surface area contributed by atoms with Gasteiger partial charge in [-0.2, -0.15) is 0 Å². The first kappa shape index (κ1) is 28.0. The lowest BCUT2D eigenvalue weighted by Gasteiger charge is -2.22. The number of halogens is 1. The highest BCUT2D eigenvalue weighted by molar-refractivity contribution is 6.30. The van der Waals surface area contributed by atoms with Gasteiger partial charge in [0.25, 0.3) is 5.91 Å². The summed E-state index contributed by atoms with van der Waals surface area (Å²) in [4.78, 5) is 33.2. The predicted molar refractivity (Wildman–Crippen MR) is 157 cm³/mol. The largest absolute Gasteiger partial charge is 0.497 e. The summed E-state index contributed by atoms with van der Waals surface area (Å²) in [6.07, 6.45) is 3.90. The van der Waals surface area contributed by atoms with Crippen molar-refractivity contribution < 1.29 is 23.8 Å². The summed E-state index contributed by atoms with van der Waals surface area (Å²) in [6, 6.07) is 19.7. The Hall–Kier alpha value is -4.50. The van der Waals surface area contributed by atoms with Crippen molar-refractivity contribution in [2.24, 2.45) is 5.92 Å². The second kappa shape index (κ2) is 12.3. The van der Waals surface area contributed by atoms with Gasteiger partial charge in [0, 0.05) is 35.0 Å². The van der Waals surface area contributed by atoms with E-state index in [1.807, 2.05) is 24.4 Å². The molecule has 4 aromatic rings. The maximum Gasteiger partial charge on any atom is 0.254 e. The van der Waals surface area contributed by atoms with E-state index in [2.05, 4.69) is 5.32 Å². The first-order valence-corrected chi connectivity index (χ1v) is 13.6. The summed E-state index contributed by atoms with van der Waals surface area (Å²) < 4.78 is 17.9. The third-order valence-electron chi connectivity index (χ3n) is 6.86. The summed E-state index contributed by atoms with van der Waals surface area (Å²) in [5, 5.41) is 3.54. The molecule has 0 radical (unpaired) electrons. The molecule has 0 unspecified atom stereocenters. The normalized spacial score (nSPS) is 12.5. The van der Waals surface area contributed by atoms with E-state index >= 15 is 0 Å². The van der Waals surface area contributed by atoms with Gasteiger partial charge in [-0.15, -0.1) is 0 Å². The van der Waals surface area contributed by atoms with Crippen molar-refractivity contribution >= 4 is 29.4 Å². The molecule has 9 nitrogen and oxygen atoms in total. The molecule has 212 valence electrons.